The first-order valence-electron chi connectivity index (χ1n) is 6.92. The summed E-state index contributed by atoms with van der Waals surface area (Å²) in [5, 5.41) is 5.03. The zero-order valence-electron chi connectivity index (χ0n) is 12.3. The van der Waals surface area contributed by atoms with Gasteiger partial charge in [-0.2, -0.15) is 0 Å². The average Bonchev–Trinajstić information content (AvgIpc) is 2.56. The fourth-order valence-electron chi connectivity index (χ4n) is 1.84. The Balaban J connectivity index is 2.11. The van der Waals surface area contributed by atoms with Crippen molar-refractivity contribution >= 4 is 29.3 Å². The maximum absolute atomic E-state index is 13.3. The molecule has 23 heavy (non-hydrogen) atoms. The first kappa shape index (κ1) is 16.4. The van der Waals surface area contributed by atoms with Crippen molar-refractivity contribution in [2.24, 2.45) is 5.73 Å². The number of nitrogens with one attached hydrogen (secondary N) is 2. The maximum atomic E-state index is 13.3. The maximum Gasteiger partial charge on any atom is 0.248 e. The van der Waals surface area contributed by atoms with Gasteiger partial charge in [0.05, 0.1) is 17.9 Å². The smallest absolute Gasteiger partial charge is 0.248 e. The number of rotatable bonds is 5. The SMILES string of the molecule is NCC(=O)Nc1cc(F)ccc1NC(=O)/C=C/c1ccccc1. The van der Waals surface area contributed by atoms with Gasteiger partial charge in [-0.25, -0.2) is 4.39 Å². The molecule has 0 aliphatic rings. The van der Waals surface area contributed by atoms with Crippen LogP contribution in [0.15, 0.2) is 54.6 Å². The number of benzene rings is 2. The molecule has 0 aromatic heterocycles. The second-order valence-electron chi connectivity index (χ2n) is 4.68. The van der Waals surface area contributed by atoms with E-state index in [1.165, 1.54) is 18.2 Å². The molecule has 2 rings (SSSR count). The lowest BCUT2D eigenvalue weighted by Crippen LogP contribution is -2.23. The molecule has 0 bridgehead atoms. The summed E-state index contributed by atoms with van der Waals surface area (Å²) in [4.78, 5) is 23.3. The molecule has 0 aliphatic carbocycles. The molecule has 0 saturated carbocycles. The Morgan fingerprint density at radius 3 is 2.48 bits per heavy atom. The monoisotopic (exact) mass is 313 g/mol. The van der Waals surface area contributed by atoms with Gasteiger partial charge < -0.3 is 16.4 Å². The zero-order valence-corrected chi connectivity index (χ0v) is 12.3. The van der Waals surface area contributed by atoms with E-state index in [0.29, 0.717) is 0 Å². The van der Waals surface area contributed by atoms with E-state index in [-0.39, 0.29) is 17.9 Å². The van der Waals surface area contributed by atoms with Crippen LogP contribution in [0.25, 0.3) is 6.08 Å². The molecule has 2 aromatic rings. The van der Waals surface area contributed by atoms with Crippen molar-refractivity contribution in [1.82, 2.24) is 0 Å². The van der Waals surface area contributed by atoms with Crippen molar-refractivity contribution in [2.75, 3.05) is 17.2 Å². The Morgan fingerprint density at radius 2 is 1.78 bits per heavy atom. The normalized spacial score (nSPS) is 10.5. The Kier molecular flexibility index (Phi) is 5.60. The summed E-state index contributed by atoms with van der Waals surface area (Å²) in [7, 11) is 0. The summed E-state index contributed by atoms with van der Waals surface area (Å²) in [6.07, 6.45) is 3.00. The van der Waals surface area contributed by atoms with E-state index in [9.17, 15) is 14.0 Å². The summed E-state index contributed by atoms with van der Waals surface area (Å²) in [5.74, 6) is -1.41. The van der Waals surface area contributed by atoms with Crippen molar-refractivity contribution in [1.29, 1.82) is 0 Å². The highest BCUT2D eigenvalue weighted by Gasteiger charge is 2.09. The molecular weight excluding hydrogens is 297 g/mol. The third kappa shape index (κ3) is 5.05. The number of anilines is 2. The van der Waals surface area contributed by atoms with E-state index in [1.54, 1.807) is 6.08 Å². The second kappa shape index (κ2) is 7.86. The Labute approximate surface area is 133 Å². The van der Waals surface area contributed by atoms with Gasteiger partial charge in [0, 0.05) is 6.08 Å². The van der Waals surface area contributed by atoms with Crippen LogP contribution >= 0.6 is 0 Å². The van der Waals surface area contributed by atoms with Crippen LogP contribution in [0, 0.1) is 5.82 Å². The molecule has 0 aliphatic heterocycles. The Morgan fingerprint density at radius 1 is 1.04 bits per heavy atom. The molecule has 2 aromatic carbocycles. The Hall–Kier alpha value is -2.99. The quantitative estimate of drug-likeness (QED) is 0.741. The molecule has 4 N–H and O–H groups in total. The summed E-state index contributed by atoms with van der Waals surface area (Å²) in [5.41, 5.74) is 6.53. The topological polar surface area (TPSA) is 84.2 Å². The third-order valence-corrected chi connectivity index (χ3v) is 2.93. The average molecular weight is 313 g/mol. The van der Waals surface area contributed by atoms with E-state index in [4.69, 9.17) is 5.73 Å². The number of amides is 2. The van der Waals surface area contributed by atoms with Crippen molar-refractivity contribution in [3.63, 3.8) is 0 Å². The van der Waals surface area contributed by atoms with Crippen LogP contribution in [0.1, 0.15) is 5.56 Å². The van der Waals surface area contributed by atoms with Crippen LogP contribution in [0.5, 0.6) is 0 Å². The molecule has 0 heterocycles. The van der Waals surface area contributed by atoms with Gasteiger partial charge in [-0.15, -0.1) is 0 Å². The van der Waals surface area contributed by atoms with Crippen molar-refractivity contribution < 1.29 is 14.0 Å². The van der Waals surface area contributed by atoms with Crippen molar-refractivity contribution in [3.8, 4) is 0 Å². The van der Waals surface area contributed by atoms with E-state index in [2.05, 4.69) is 10.6 Å². The number of hydrogen-bond donors (Lipinski definition) is 3. The predicted molar refractivity (Wildman–Crippen MR) is 88.2 cm³/mol. The first-order chi connectivity index (χ1) is 11.1. The van der Waals surface area contributed by atoms with Crippen LogP contribution in [0.2, 0.25) is 0 Å². The highest BCUT2D eigenvalue weighted by Crippen LogP contribution is 2.22. The van der Waals surface area contributed by atoms with Crippen LogP contribution in [0.4, 0.5) is 15.8 Å². The molecular formula is C17H16FN3O2. The molecule has 0 saturated heterocycles. The molecule has 0 fully saturated rings. The van der Waals surface area contributed by atoms with Gasteiger partial charge in [-0.3, -0.25) is 9.59 Å². The van der Waals surface area contributed by atoms with Crippen LogP contribution in [-0.4, -0.2) is 18.4 Å². The summed E-state index contributed by atoms with van der Waals surface area (Å²) >= 11 is 0. The van der Waals surface area contributed by atoms with E-state index in [1.807, 2.05) is 30.3 Å². The predicted octanol–water partition coefficient (Wildman–Crippen LogP) is 2.37. The molecule has 6 heteroatoms. The minimum atomic E-state index is -0.532. The fraction of sp³-hybridized carbons (Fsp3) is 0.0588. The second-order valence-corrected chi connectivity index (χ2v) is 4.68. The van der Waals surface area contributed by atoms with Crippen molar-refractivity contribution in [3.05, 3.63) is 66.0 Å². The standard InChI is InChI=1S/C17H16FN3O2/c18-13-7-8-14(15(10-13)21-17(23)11-19)20-16(22)9-6-12-4-2-1-3-5-12/h1-10H,11,19H2,(H,20,22)(H,21,23)/b9-6+. The summed E-state index contributed by atoms with van der Waals surface area (Å²) < 4.78 is 13.3. The largest absolute Gasteiger partial charge is 0.323 e. The third-order valence-electron chi connectivity index (χ3n) is 2.93. The lowest BCUT2D eigenvalue weighted by atomic mass is 10.2. The Bertz CT molecular complexity index is 730. The fourth-order valence-corrected chi connectivity index (χ4v) is 1.84. The minimum absolute atomic E-state index is 0.155. The first-order valence-corrected chi connectivity index (χ1v) is 6.92. The van der Waals surface area contributed by atoms with Gasteiger partial charge in [-0.05, 0) is 29.8 Å². The van der Waals surface area contributed by atoms with E-state index in [0.717, 1.165) is 11.6 Å². The van der Waals surface area contributed by atoms with Gasteiger partial charge in [0.1, 0.15) is 5.82 Å². The lowest BCUT2D eigenvalue weighted by molar-refractivity contribution is -0.115. The van der Waals surface area contributed by atoms with E-state index < -0.39 is 17.6 Å². The van der Waals surface area contributed by atoms with Gasteiger partial charge in [0.15, 0.2) is 0 Å². The summed E-state index contributed by atoms with van der Waals surface area (Å²) in [6.45, 7) is -0.238. The molecule has 5 nitrogen and oxygen atoms in total. The highest BCUT2D eigenvalue weighted by atomic mass is 19.1. The number of carbonyl (C=O) groups is 2. The molecule has 0 radical (unpaired) electrons. The highest BCUT2D eigenvalue weighted by molar-refractivity contribution is 6.05. The van der Waals surface area contributed by atoms with E-state index >= 15 is 0 Å². The molecule has 0 spiro atoms. The number of hydrogen-bond acceptors (Lipinski definition) is 3. The van der Waals surface area contributed by atoms with Gasteiger partial charge in [0.2, 0.25) is 11.8 Å². The zero-order chi connectivity index (χ0) is 16.7. The van der Waals surface area contributed by atoms with Crippen LogP contribution in [-0.2, 0) is 9.59 Å². The van der Waals surface area contributed by atoms with Gasteiger partial charge >= 0.3 is 0 Å². The lowest BCUT2D eigenvalue weighted by Gasteiger charge is -2.11. The molecule has 2 amide bonds. The van der Waals surface area contributed by atoms with Crippen LogP contribution in [0.3, 0.4) is 0 Å². The molecule has 0 unspecified atom stereocenters. The number of carbonyl (C=O) groups excluding carboxylic acids is 2. The van der Waals surface area contributed by atoms with Gasteiger partial charge in [0.25, 0.3) is 0 Å². The van der Waals surface area contributed by atoms with Crippen molar-refractivity contribution in [2.45, 2.75) is 0 Å². The van der Waals surface area contributed by atoms with Crippen LogP contribution < -0.4 is 16.4 Å². The number of nitrogens with two attached hydrogens (primary N) is 1. The summed E-state index contributed by atoms with van der Waals surface area (Å²) in [6, 6.07) is 13.0. The number of halogens is 1. The minimum Gasteiger partial charge on any atom is -0.323 e. The van der Waals surface area contributed by atoms with Gasteiger partial charge in [-0.1, -0.05) is 30.3 Å². The molecule has 0 atom stereocenters. The molecule has 118 valence electrons.